The van der Waals surface area contributed by atoms with Crippen molar-refractivity contribution >= 4 is 11.7 Å². The maximum Gasteiger partial charge on any atom is 0.245 e. The molecular formula is C17H12F2N2O2. The minimum absolute atomic E-state index is 0.342. The first-order valence-corrected chi connectivity index (χ1v) is 6.69. The third-order valence-electron chi connectivity index (χ3n) is 3.31. The molecule has 0 aliphatic heterocycles. The van der Waals surface area contributed by atoms with E-state index in [0.29, 0.717) is 11.1 Å². The summed E-state index contributed by atoms with van der Waals surface area (Å²) in [5, 5.41) is 11.1. The minimum atomic E-state index is -1.61. The van der Waals surface area contributed by atoms with E-state index in [9.17, 15) is 18.4 Å². The summed E-state index contributed by atoms with van der Waals surface area (Å²) in [7, 11) is 1.29. The highest BCUT2D eigenvalue weighted by molar-refractivity contribution is 6.12. The topological polar surface area (TPSA) is 70.0 Å². The number of nitrogens with zero attached hydrogens (tertiary/aromatic N) is 1. The van der Waals surface area contributed by atoms with Crippen molar-refractivity contribution in [1.29, 1.82) is 5.26 Å². The summed E-state index contributed by atoms with van der Waals surface area (Å²) in [4.78, 5) is 23.6. The third kappa shape index (κ3) is 3.40. The van der Waals surface area contributed by atoms with Gasteiger partial charge in [0.1, 0.15) is 11.6 Å². The molecule has 0 heterocycles. The van der Waals surface area contributed by atoms with Crippen molar-refractivity contribution in [2.45, 2.75) is 0 Å². The SMILES string of the molecule is CNC(=O)[C@@H](C#N)C(=O)c1ccc(-c2ccc(F)cc2)cc1F. The molecule has 0 unspecified atom stereocenters. The number of ketones is 1. The Labute approximate surface area is 131 Å². The number of halogens is 2. The number of hydrogen-bond acceptors (Lipinski definition) is 3. The maximum atomic E-state index is 14.2. The lowest BCUT2D eigenvalue weighted by molar-refractivity contribution is -0.121. The Bertz CT molecular complexity index is 795. The van der Waals surface area contributed by atoms with Gasteiger partial charge in [0.2, 0.25) is 5.91 Å². The van der Waals surface area contributed by atoms with Crippen LogP contribution in [0.2, 0.25) is 0 Å². The zero-order chi connectivity index (χ0) is 17.0. The van der Waals surface area contributed by atoms with Gasteiger partial charge in [0.25, 0.3) is 0 Å². The molecule has 0 bridgehead atoms. The molecule has 23 heavy (non-hydrogen) atoms. The fourth-order valence-electron chi connectivity index (χ4n) is 2.07. The molecule has 0 saturated carbocycles. The number of rotatable bonds is 4. The fourth-order valence-corrected chi connectivity index (χ4v) is 2.07. The van der Waals surface area contributed by atoms with Gasteiger partial charge < -0.3 is 5.32 Å². The van der Waals surface area contributed by atoms with E-state index < -0.39 is 29.2 Å². The molecule has 0 radical (unpaired) electrons. The predicted molar refractivity (Wildman–Crippen MR) is 79.3 cm³/mol. The molecule has 0 aliphatic carbocycles. The van der Waals surface area contributed by atoms with Crippen LogP contribution in [-0.2, 0) is 4.79 Å². The van der Waals surface area contributed by atoms with Gasteiger partial charge in [0.05, 0.1) is 11.6 Å². The first-order valence-electron chi connectivity index (χ1n) is 6.69. The van der Waals surface area contributed by atoms with Gasteiger partial charge in [-0.2, -0.15) is 5.26 Å². The Balaban J connectivity index is 2.36. The second-order valence-electron chi connectivity index (χ2n) is 4.74. The third-order valence-corrected chi connectivity index (χ3v) is 3.31. The summed E-state index contributed by atoms with van der Waals surface area (Å²) >= 11 is 0. The summed E-state index contributed by atoms with van der Waals surface area (Å²) < 4.78 is 27.1. The Morgan fingerprint density at radius 1 is 1.09 bits per heavy atom. The highest BCUT2D eigenvalue weighted by atomic mass is 19.1. The first-order chi connectivity index (χ1) is 11.0. The van der Waals surface area contributed by atoms with Crippen LogP contribution in [0.15, 0.2) is 42.5 Å². The highest BCUT2D eigenvalue weighted by Crippen LogP contribution is 2.23. The summed E-state index contributed by atoms with van der Waals surface area (Å²) in [6.07, 6.45) is 0. The van der Waals surface area contributed by atoms with E-state index >= 15 is 0 Å². The second-order valence-corrected chi connectivity index (χ2v) is 4.74. The molecule has 0 aliphatic rings. The highest BCUT2D eigenvalue weighted by Gasteiger charge is 2.28. The normalized spacial score (nSPS) is 11.4. The van der Waals surface area contributed by atoms with Gasteiger partial charge in [0, 0.05) is 7.05 Å². The maximum absolute atomic E-state index is 14.2. The molecule has 2 aromatic carbocycles. The summed E-state index contributed by atoms with van der Waals surface area (Å²) in [6, 6.07) is 10.8. The number of nitrogens with one attached hydrogen (secondary N) is 1. The largest absolute Gasteiger partial charge is 0.358 e. The van der Waals surface area contributed by atoms with Crippen LogP contribution < -0.4 is 5.32 Å². The van der Waals surface area contributed by atoms with Crippen LogP contribution >= 0.6 is 0 Å². The molecule has 2 aromatic rings. The van der Waals surface area contributed by atoms with Crippen molar-refractivity contribution in [2.75, 3.05) is 7.05 Å². The molecule has 0 aromatic heterocycles. The number of carbonyl (C=O) groups is 2. The number of amides is 1. The van der Waals surface area contributed by atoms with Gasteiger partial charge in [-0.25, -0.2) is 8.78 Å². The Morgan fingerprint density at radius 2 is 1.70 bits per heavy atom. The van der Waals surface area contributed by atoms with Gasteiger partial charge in [-0.3, -0.25) is 9.59 Å². The van der Waals surface area contributed by atoms with E-state index in [4.69, 9.17) is 5.26 Å². The monoisotopic (exact) mass is 314 g/mol. The van der Waals surface area contributed by atoms with Crippen molar-refractivity contribution in [3.05, 3.63) is 59.7 Å². The zero-order valence-corrected chi connectivity index (χ0v) is 12.1. The minimum Gasteiger partial charge on any atom is -0.358 e. The predicted octanol–water partition coefficient (Wildman–Crippen LogP) is 2.70. The van der Waals surface area contributed by atoms with Crippen molar-refractivity contribution in [3.8, 4) is 17.2 Å². The zero-order valence-electron chi connectivity index (χ0n) is 12.1. The lowest BCUT2D eigenvalue weighted by Gasteiger charge is -2.09. The van der Waals surface area contributed by atoms with Crippen molar-refractivity contribution in [3.63, 3.8) is 0 Å². The van der Waals surface area contributed by atoms with Crippen LogP contribution in [-0.4, -0.2) is 18.7 Å². The van der Waals surface area contributed by atoms with Crippen molar-refractivity contribution < 1.29 is 18.4 Å². The Morgan fingerprint density at radius 3 is 2.22 bits per heavy atom. The average Bonchev–Trinajstić information content (AvgIpc) is 2.55. The number of nitriles is 1. The van der Waals surface area contributed by atoms with Gasteiger partial charge in [-0.05, 0) is 35.4 Å². The van der Waals surface area contributed by atoms with E-state index in [1.807, 2.05) is 0 Å². The number of benzene rings is 2. The molecule has 0 saturated heterocycles. The van der Waals surface area contributed by atoms with Gasteiger partial charge in [-0.1, -0.05) is 18.2 Å². The van der Waals surface area contributed by atoms with E-state index in [1.54, 1.807) is 6.07 Å². The quantitative estimate of drug-likeness (QED) is 0.697. The van der Waals surface area contributed by atoms with Crippen LogP contribution in [0.4, 0.5) is 8.78 Å². The Kier molecular flexibility index (Phi) is 4.82. The van der Waals surface area contributed by atoms with Crippen molar-refractivity contribution in [1.82, 2.24) is 5.32 Å². The van der Waals surface area contributed by atoms with Crippen LogP contribution in [0.25, 0.3) is 11.1 Å². The van der Waals surface area contributed by atoms with Crippen molar-refractivity contribution in [2.24, 2.45) is 5.92 Å². The van der Waals surface area contributed by atoms with Crippen LogP contribution in [0.5, 0.6) is 0 Å². The van der Waals surface area contributed by atoms with E-state index in [0.717, 1.165) is 6.07 Å². The molecule has 0 fully saturated rings. The van der Waals surface area contributed by atoms with Crippen LogP contribution in [0.3, 0.4) is 0 Å². The van der Waals surface area contributed by atoms with E-state index in [2.05, 4.69) is 5.32 Å². The second kappa shape index (κ2) is 6.79. The molecule has 6 heteroatoms. The molecule has 1 atom stereocenters. The number of hydrogen-bond donors (Lipinski definition) is 1. The summed E-state index contributed by atoms with van der Waals surface area (Å²) in [5.41, 5.74) is 0.686. The summed E-state index contributed by atoms with van der Waals surface area (Å²) in [6.45, 7) is 0. The lowest BCUT2D eigenvalue weighted by atomic mass is 9.95. The smallest absolute Gasteiger partial charge is 0.245 e. The fraction of sp³-hybridized carbons (Fsp3) is 0.118. The summed E-state index contributed by atoms with van der Waals surface area (Å²) in [5.74, 6) is -4.56. The molecule has 4 nitrogen and oxygen atoms in total. The number of Topliss-reactive ketones (excluding diaryl/α,β-unsaturated/α-hetero) is 1. The molecule has 0 spiro atoms. The average molecular weight is 314 g/mol. The van der Waals surface area contributed by atoms with E-state index in [1.165, 1.54) is 43.4 Å². The van der Waals surface area contributed by atoms with Gasteiger partial charge in [0.15, 0.2) is 11.7 Å². The molecular weight excluding hydrogens is 302 g/mol. The van der Waals surface area contributed by atoms with E-state index in [-0.39, 0.29) is 5.56 Å². The molecule has 2 rings (SSSR count). The van der Waals surface area contributed by atoms with Gasteiger partial charge in [-0.15, -0.1) is 0 Å². The van der Waals surface area contributed by atoms with Gasteiger partial charge >= 0.3 is 0 Å². The molecule has 1 amide bonds. The number of carbonyl (C=O) groups excluding carboxylic acids is 2. The van der Waals surface area contributed by atoms with Crippen LogP contribution in [0.1, 0.15) is 10.4 Å². The molecule has 116 valence electrons. The molecule has 1 N–H and O–H groups in total. The standard InChI is InChI=1S/C17H12F2N2O2/c1-21-17(23)14(9-20)16(22)13-7-4-11(8-15(13)19)10-2-5-12(18)6-3-10/h2-8,14H,1H3,(H,21,23)/t14-/m0/s1. The first kappa shape index (κ1) is 16.3. The Hall–Kier alpha value is -3.07. The van der Waals surface area contributed by atoms with Crippen LogP contribution in [0, 0.1) is 28.9 Å². The lowest BCUT2D eigenvalue weighted by Crippen LogP contribution is -2.32.